The molecule has 144 valence electrons. The summed E-state index contributed by atoms with van der Waals surface area (Å²) in [6.45, 7) is 2.24. The molecular formula is C25H21F2PTi. The molecule has 0 nitrogen and oxygen atoms in total. The largest absolute Gasteiger partial charge is 1.00 e. The van der Waals surface area contributed by atoms with Crippen molar-refractivity contribution in [2.75, 3.05) is 0 Å². The number of fused-ring (bicyclic) bond motifs is 2. The second kappa shape index (κ2) is 9.31. The van der Waals surface area contributed by atoms with E-state index in [0.717, 1.165) is 8.58 Å². The van der Waals surface area contributed by atoms with Crippen LogP contribution in [0.1, 0.15) is 36.3 Å². The number of halogens is 2. The Morgan fingerprint density at radius 2 is 1.41 bits per heavy atom. The first-order chi connectivity index (χ1) is 13.3. The van der Waals surface area contributed by atoms with Crippen molar-refractivity contribution in [2.24, 2.45) is 0 Å². The monoisotopic (exact) mass is 438 g/mol. The summed E-state index contributed by atoms with van der Waals surface area (Å²) in [7, 11) is 0.777. The Morgan fingerprint density at radius 3 is 2.21 bits per heavy atom. The molecule has 0 spiro atoms. The van der Waals surface area contributed by atoms with Crippen LogP contribution in [0.2, 0.25) is 0 Å². The van der Waals surface area contributed by atoms with Crippen molar-refractivity contribution >= 4 is 26.0 Å². The van der Waals surface area contributed by atoms with Crippen LogP contribution < -0.4 is 14.7 Å². The Labute approximate surface area is 181 Å². The molecule has 0 radical (unpaired) electrons. The third-order valence-corrected chi connectivity index (χ3v) is 10.3. The van der Waals surface area contributed by atoms with Gasteiger partial charge in [-0.15, -0.1) is 0 Å². The van der Waals surface area contributed by atoms with Gasteiger partial charge >= 0.3 is 173 Å². The van der Waals surface area contributed by atoms with Gasteiger partial charge in [-0.05, 0) is 0 Å². The molecule has 29 heavy (non-hydrogen) atoms. The first-order valence-corrected chi connectivity index (χ1v) is 12.3. The minimum Gasteiger partial charge on any atom is -1.00 e. The van der Waals surface area contributed by atoms with Crippen LogP contribution in [0.15, 0.2) is 84.2 Å². The van der Waals surface area contributed by atoms with Crippen molar-refractivity contribution in [1.29, 1.82) is 0 Å². The average molecular weight is 438 g/mol. The smallest absolute Gasteiger partial charge is 1.00 e. The van der Waals surface area contributed by atoms with E-state index in [1.165, 1.54) is 22.0 Å². The Morgan fingerprint density at radius 1 is 0.759 bits per heavy atom. The quantitative estimate of drug-likeness (QED) is 0.405. The molecule has 0 amide bonds. The first kappa shape index (κ1) is 21.8. The maximum Gasteiger partial charge on any atom is -1.00 e. The van der Waals surface area contributed by atoms with Crippen LogP contribution in [0.3, 0.4) is 0 Å². The fraction of sp³-hybridized carbons (Fsp3) is 0.120. The molecule has 2 aliphatic rings. The molecule has 0 saturated carbocycles. The van der Waals surface area contributed by atoms with Gasteiger partial charge in [0.25, 0.3) is 0 Å². The van der Waals surface area contributed by atoms with E-state index in [0.29, 0.717) is 8.45 Å². The van der Waals surface area contributed by atoms with E-state index in [1.807, 2.05) is 0 Å². The third kappa shape index (κ3) is 4.21. The van der Waals surface area contributed by atoms with Gasteiger partial charge in [-0.2, -0.15) is 0 Å². The number of hydrogen-bond donors (Lipinski definition) is 0. The van der Waals surface area contributed by atoms with Crippen molar-refractivity contribution in [3.63, 3.8) is 0 Å². The predicted octanol–water partition coefficient (Wildman–Crippen LogP) is 0.253. The molecule has 3 aromatic carbocycles. The second-order valence-corrected chi connectivity index (χ2v) is 11.0. The number of benzene rings is 3. The van der Waals surface area contributed by atoms with Crippen molar-refractivity contribution in [3.8, 4) is 0 Å². The molecule has 0 bridgehead atoms. The van der Waals surface area contributed by atoms with Gasteiger partial charge < -0.3 is 9.41 Å². The molecule has 0 N–H and O–H groups in total. The molecule has 3 unspecified atom stereocenters. The third-order valence-electron chi connectivity index (χ3n) is 5.50. The molecule has 0 saturated heterocycles. The van der Waals surface area contributed by atoms with Gasteiger partial charge in [0.1, 0.15) is 0 Å². The fourth-order valence-electron chi connectivity index (χ4n) is 4.05. The molecule has 5 rings (SSSR count). The van der Waals surface area contributed by atoms with Gasteiger partial charge in [-0.1, -0.05) is 0 Å². The van der Waals surface area contributed by atoms with Crippen LogP contribution in [-0.2, 0) is 19.2 Å². The van der Waals surface area contributed by atoms with Crippen LogP contribution in [0.4, 0.5) is 0 Å². The van der Waals surface area contributed by atoms with Crippen LogP contribution in [0.5, 0.6) is 0 Å². The van der Waals surface area contributed by atoms with Crippen LogP contribution in [0.25, 0.3) is 12.2 Å². The zero-order valence-corrected chi connectivity index (χ0v) is 18.6. The van der Waals surface area contributed by atoms with Gasteiger partial charge in [0.2, 0.25) is 0 Å². The normalized spacial score (nSPS) is 18.4. The molecule has 0 heterocycles. The van der Waals surface area contributed by atoms with E-state index in [9.17, 15) is 0 Å². The summed E-state index contributed by atoms with van der Waals surface area (Å²) in [6, 6.07) is 26.9. The molecule has 3 aromatic rings. The van der Waals surface area contributed by atoms with Crippen molar-refractivity contribution in [3.05, 3.63) is 112 Å². The van der Waals surface area contributed by atoms with Gasteiger partial charge in [-0.3, -0.25) is 0 Å². The van der Waals surface area contributed by atoms with Crippen LogP contribution in [0, 0.1) is 6.92 Å². The maximum atomic E-state index is 2.49. The fourth-order valence-corrected chi connectivity index (χ4v) is 8.71. The SMILES string of the molecule is Cc1ccccc1PC1=Cc2ccccc2[CH]1[Ti+2][CH]1C=Cc2ccccc21.[F-].[F-]. The summed E-state index contributed by atoms with van der Waals surface area (Å²) in [5, 5.41) is 3.14. The van der Waals surface area contributed by atoms with Gasteiger partial charge in [-0.25, -0.2) is 0 Å². The van der Waals surface area contributed by atoms with Gasteiger partial charge in [0.15, 0.2) is 0 Å². The average Bonchev–Trinajstić information content (AvgIpc) is 3.26. The summed E-state index contributed by atoms with van der Waals surface area (Å²) >= 11 is -0.223. The molecule has 0 aliphatic heterocycles. The van der Waals surface area contributed by atoms with E-state index in [-0.39, 0.29) is 28.6 Å². The Hall–Kier alpha value is -1.86. The number of allylic oxidation sites excluding steroid dienone is 2. The summed E-state index contributed by atoms with van der Waals surface area (Å²) in [4.78, 5) is 0. The molecular weight excluding hydrogens is 417 g/mol. The van der Waals surface area contributed by atoms with Crippen molar-refractivity contribution in [2.45, 2.75) is 15.4 Å². The molecule has 4 heteroatoms. The molecule has 2 aliphatic carbocycles. The first-order valence-electron chi connectivity index (χ1n) is 9.46. The van der Waals surface area contributed by atoms with Crippen molar-refractivity contribution < 1.29 is 28.6 Å². The Bertz CT molecular complexity index is 1070. The van der Waals surface area contributed by atoms with Gasteiger partial charge in [0, 0.05) is 0 Å². The summed E-state index contributed by atoms with van der Waals surface area (Å²) in [5.74, 6) is 0. The minimum absolute atomic E-state index is 0. The summed E-state index contributed by atoms with van der Waals surface area (Å²) in [5.41, 5.74) is 7.38. The molecule has 3 atom stereocenters. The number of hydrogen-bond acceptors (Lipinski definition) is 0. The van der Waals surface area contributed by atoms with E-state index < -0.39 is 0 Å². The zero-order valence-electron chi connectivity index (χ0n) is 16.1. The summed E-state index contributed by atoms with van der Waals surface area (Å²) in [6.07, 6.45) is 7.27. The predicted molar refractivity (Wildman–Crippen MR) is 115 cm³/mol. The van der Waals surface area contributed by atoms with E-state index in [4.69, 9.17) is 0 Å². The van der Waals surface area contributed by atoms with Crippen molar-refractivity contribution in [1.82, 2.24) is 0 Å². The number of rotatable bonds is 4. The zero-order chi connectivity index (χ0) is 18.2. The van der Waals surface area contributed by atoms with Gasteiger partial charge in [0.05, 0.1) is 0 Å². The van der Waals surface area contributed by atoms with Crippen LogP contribution >= 0.6 is 8.58 Å². The van der Waals surface area contributed by atoms with Crippen LogP contribution in [-0.4, -0.2) is 0 Å². The van der Waals surface area contributed by atoms with E-state index >= 15 is 0 Å². The minimum atomic E-state index is -0.223. The molecule has 0 aromatic heterocycles. The van der Waals surface area contributed by atoms with E-state index in [1.54, 1.807) is 16.4 Å². The second-order valence-electron chi connectivity index (χ2n) is 7.23. The standard InChI is InChI=1S/C16H14P.C9H7.2FH.Ti/c1-12-6-2-5-9-16(12)17-15-10-13-7-3-4-8-14(13)11-15;1-2-5-9-7-3-6-8(9)4-1;;;/h2-11,17H,1H3;1-7H;2*1H;/q;;;;+2/p-2. The van der Waals surface area contributed by atoms with E-state index in [2.05, 4.69) is 97.9 Å². The topological polar surface area (TPSA) is 0 Å². The number of aryl methyl sites for hydroxylation is 1. The summed E-state index contributed by atoms with van der Waals surface area (Å²) < 4.78 is 1.28. The maximum absolute atomic E-state index is 2.49. The Kier molecular flexibility index (Phi) is 7.01. The molecule has 0 fully saturated rings. The Balaban J connectivity index is 0.00000120.